The maximum Gasteiger partial charge on any atom is 0.194 e. The van der Waals surface area contributed by atoms with Crippen molar-refractivity contribution in [3.63, 3.8) is 0 Å². The van der Waals surface area contributed by atoms with E-state index in [1.54, 1.807) is 13.8 Å². The van der Waals surface area contributed by atoms with Crippen LogP contribution in [0.5, 0.6) is 28.7 Å². The normalized spacial score (nSPS) is 13.4. The van der Waals surface area contributed by atoms with Crippen molar-refractivity contribution in [2.75, 3.05) is 34.2 Å². The molecule has 0 unspecified atom stereocenters. The quantitative estimate of drug-likeness (QED) is 0.129. The van der Waals surface area contributed by atoms with Gasteiger partial charge in [-0.3, -0.25) is 9.59 Å². The summed E-state index contributed by atoms with van der Waals surface area (Å²) in [5.41, 5.74) is 6.63. The molecule has 5 rings (SSSR count). The van der Waals surface area contributed by atoms with Gasteiger partial charge in [0.2, 0.25) is 0 Å². The number of aliphatic hydroxyl groups is 2. The number of methoxy groups -OCH3 is 4. The summed E-state index contributed by atoms with van der Waals surface area (Å²) in [6.45, 7) is 3.20. The predicted octanol–water partition coefficient (Wildman–Crippen LogP) is 3.06. The average Bonchev–Trinajstić information content (AvgIpc) is 2.89. The number of hydrogen-bond acceptors (Lipinski definition) is 10. The Hall–Kier alpha value is -4.28. The largest absolute Gasteiger partial charge is 0.504 e. The third-order valence-corrected chi connectivity index (χ3v) is 7.47. The molecule has 0 heterocycles. The van der Waals surface area contributed by atoms with Crippen molar-refractivity contribution in [2.45, 2.75) is 38.9 Å². The molecule has 40 heavy (non-hydrogen) atoms. The Bertz CT molecular complexity index is 1780. The second kappa shape index (κ2) is 9.72. The van der Waals surface area contributed by atoms with Crippen LogP contribution in [0.2, 0.25) is 0 Å². The molecule has 5 aromatic rings. The van der Waals surface area contributed by atoms with Crippen LogP contribution in [0, 0.1) is 0 Å². The number of fused-ring (bicyclic) bond motifs is 2. The molecular weight excluding hydrogens is 518 g/mol. The molecule has 0 spiro atoms. The zero-order valence-corrected chi connectivity index (χ0v) is 23.1. The Balaban J connectivity index is 2.38. The first-order valence-electron chi connectivity index (χ1n) is 12.7. The number of aromatic hydroxyl groups is 1. The minimum atomic E-state index is -0.879. The number of anilines is 1. The van der Waals surface area contributed by atoms with Crippen molar-refractivity contribution in [1.29, 1.82) is 0 Å². The van der Waals surface area contributed by atoms with Crippen LogP contribution in [0.15, 0.2) is 21.7 Å². The second-order valence-corrected chi connectivity index (χ2v) is 10.0. The van der Waals surface area contributed by atoms with Gasteiger partial charge in [-0.1, -0.05) is 0 Å². The molecule has 0 saturated heterocycles. The van der Waals surface area contributed by atoms with Gasteiger partial charge >= 0.3 is 0 Å². The van der Waals surface area contributed by atoms with Gasteiger partial charge in [-0.05, 0) is 24.6 Å². The summed E-state index contributed by atoms with van der Waals surface area (Å²) >= 11 is 0. The predicted molar refractivity (Wildman–Crippen MR) is 154 cm³/mol. The molecule has 0 aromatic heterocycles. The molecule has 5 N–H and O–H groups in total. The molecule has 10 nitrogen and oxygen atoms in total. The fraction of sp³-hybridized carbons (Fsp3) is 0.333. The van der Waals surface area contributed by atoms with Crippen LogP contribution in [0.1, 0.15) is 25.0 Å². The molecular formula is C30H31NO9. The number of rotatable bonds is 8. The van der Waals surface area contributed by atoms with Crippen molar-refractivity contribution in [2.24, 2.45) is 0 Å². The molecule has 0 bridgehead atoms. The van der Waals surface area contributed by atoms with Crippen LogP contribution in [-0.4, -0.2) is 56.0 Å². The smallest absolute Gasteiger partial charge is 0.194 e. The second-order valence-electron chi connectivity index (χ2n) is 10.0. The first-order chi connectivity index (χ1) is 19.0. The van der Waals surface area contributed by atoms with Gasteiger partial charge in [-0.25, -0.2) is 0 Å². The van der Waals surface area contributed by atoms with Crippen molar-refractivity contribution in [1.82, 2.24) is 0 Å². The van der Waals surface area contributed by atoms with Gasteiger partial charge in [-0.15, -0.1) is 0 Å². The van der Waals surface area contributed by atoms with Gasteiger partial charge < -0.3 is 40.0 Å². The average molecular weight is 550 g/mol. The number of ether oxygens (including phenoxy) is 4. The van der Waals surface area contributed by atoms with Crippen LogP contribution in [0.3, 0.4) is 0 Å². The summed E-state index contributed by atoms with van der Waals surface area (Å²) in [6, 6.07) is 2.58. The number of phenols is 1. The Kier molecular flexibility index (Phi) is 6.63. The Labute approximate surface area is 228 Å². The number of aliphatic hydroxyl groups excluding tert-OH is 2. The van der Waals surface area contributed by atoms with E-state index in [0.29, 0.717) is 43.4 Å². The summed E-state index contributed by atoms with van der Waals surface area (Å²) in [4.78, 5) is 27.1. The van der Waals surface area contributed by atoms with Crippen LogP contribution in [0.4, 0.5) is 5.69 Å². The van der Waals surface area contributed by atoms with Crippen LogP contribution < -0.4 is 35.5 Å². The summed E-state index contributed by atoms with van der Waals surface area (Å²) in [5.74, 6) is 0.236. The lowest BCUT2D eigenvalue weighted by Gasteiger charge is -2.26. The minimum absolute atomic E-state index is 0.0113. The number of benzene rings is 5. The Morgan fingerprint density at radius 1 is 0.650 bits per heavy atom. The Morgan fingerprint density at radius 2 is 1.07 bits per heavy atom. The molecule has 0 amide bonds. The van der Waals surface area contributed by atoms with Crippen LogP contribution in [-0.2, 0) is 12.8 Å². The lowest BCUT2D eigenvalue weighted by molar-refractivity contribution is 0.193. The molecule has 210 valence electrons. The van der Waals surface area contributed by atoms with Crippen molar-refractivity contribution in [3.05, 3.63) is 43.7 Å². The van der Waals surface area contributed by atoms with Crippen LogP contribution >= 0.6 is 0 Å². The topological polar surface area (TPSA) is 158 Å². The maximum atomic E-state index is 13.6. The molecule has 0 saturated carbocycles. The highest BCUT2D eigenvalue weighted by Crippen LogP contribution is 2.54. The molecule has 5 aromatic carbocycles. The lowest BCUT2D eigenvalue weighted by Crippen LogP contribution is -2.15. The number of nitrogen functional groups attached to an aromatic ring is 1. The lowest BCUT2D eigenvalue weighted by atomic mass is 9.81. The van der Waals surface area contributed by atoms with E-state index < -0.39 is 23.1 Å². The fourth-order valence-electron chi connectivity index (χ4n) is 6.14. The highest BCUT2D eigenvalue weighted by Gasteiger charge is 2.32. The number of phenolic OH excluding ortho intramolecular Hbond substituents is 1. The zero-order valence-electron chi connectivity index (χ0n) is 23.1. The molecule has 0 radical (unpaired) electrons. The number of hydrogen-bond donors (Lipinski definition) is 4. The van der Waals surface area contributed by atoms with E-state index in [1.165, 1.54) is 40.6 Å². The maximum absolute atomic E-state index is 13.6. The summed E-state index contributed by atoms with van der Waals surface area (Å²) < 4.78 is 22.7. The van der Waals surface area contributed by atoms with E-state index >= 15 is 0 Å². The van der Waals surface area contributed by atoms with Crippen molar-refractivity contribution in [3.8, 4) is 28.7 Å². The monoisotopic (exact) mass is 549 g/mol. The zero-order chi connectivity index (χ0) is 29.2. The van der Waals surface area contributed by atoms with E-state index in [9.17, 15) is 24.9 Å². The summed E-state index contributed by atoms with van der Waals surface area (Å²) in [5, 5.41) is 35.2. The van der Waals surface area contributed by atoms with Crippen LogP contribution in [0.25, 0.3) is 43.1 Å². The van der Waals surface area contributed by atoms with Crippen molar-refractivity contribution < 1.29 is 34.3 Å². The third-order valence-electron chi connectivity index (χ3n) is 7.47. The van der Waals surface area contributed by atoms with E-state index in [0.717, 1.165) is 0 Å². The molecule has 0 fully saturated rings. The first kappa shape index (κ1) is 27.3. The van der Waals surface area contributed by atoms with Gasteiger partial charge in [0.1, 0.15) is 17.2 Å². The third kappa shape index (κ3) is 3.63. The summed E-state index contributed by atoms with van der Waals surface area (Å²) in [7, 11) is 5.62. The van der Waals surface area contributed by atoms with E-state index in [-0.39, 0.29) is 58.0 Å². The molecule has 0 aliphatic heterocycles. The van der Waals surface area contributed by atoms with E-state index in [4.69, 9.17) is 24.7 Å². The van der Waals surface area contributed by atoms with Gasteiger partial charge in [-0.2, -0.15) is 0 Å². The van der Waals surface area contributed by atoms with Gasteiger partial charge in [0.15, 0.2) is 22.4 Å². The summed E-state index contributed by atoms with van der Waals surface area (Å²) in [6.07, 6.45) is -1.62. The van der Waals surface area contributed by atoms with Gasteiger partial charge in [0, 0.05) is 57.6 Å². The van der Waals surface area contributed by atoms with E-state index in [2.05, 4.69) is 0 Å². The standard InChI is InChI=1S/C30H31NO9/c1-11(32)7-13-19-20-14(8-12(2)33)30(40-6)28(36)22-16(35)10-18(38-4)24(26(20)22)23-17(37-3)9-15(34)21(25(19)23)27(31)29(13)39-5/h9-12,32-33,36H,7-8,31H2,1-6H3/t11-,12-/m0/s1. The minimum Gasteiger partial charge on any atom is -0.504 e. The highest BCUT2D eigenvalue weighted by atomic mass is 16.5. The fourth-order valence-corrected chi connectivity index (χ4v) is 6.14. The molecule has 10 heteroatoms. The van der Waals surface area contributed by atoms with Crippen molar-refractivity contribution >= 4 is 48.8 Å². The Morgan fingerprint density at radius 3 is 1.50 bits per heavy atom. The molecule has 0 aliphatic carbocycles. The first-order valence-corrected chi connectivity index (χ1v) is 12.7. The van der Waals surface area contributed by atoms with E-state index in [1.807, 2.05) is 0 Å². The highest BCUT2D eigenvalue weighted by molar-refractivity contribution is 6.39. The molecule has 2 atom stereocenters. The molecule has 0 aliphatic rings. The van der Waals surface area contributed by atoms with Gasteiger partial charge in [0.05, 0.1) is 57.1 Å². The number of nitrogens with two attached hydrogens (primary N) is 1. The SMILES string of the molecule is COc1c(N)c2c(=O)cc(OC)c3c4c(OC)cc(=O)c5c(O)c(OC)c(C[C@H](C)O)c(c(c1C[C@H](C)O)c23)c54. The van der Waals surface area contributed by atoms with Gasteiger partial charge in [0.25, 0.3) is 0 Å².